The topological polar surface area (TPSA) is 164 Å². The van der Waals surface area contributed by atoms with Crippen molar-refractivity contribution in [2.24, 2.45) is 52.3 Å². The van der Waals surface area contributed by atoms with E-state index in [1.165, 1.54) is 12.8 Å². The highest BCUT2D eigenvalue weighted by molar-refractivity contribution is 7.51. The van der Waals surface area contributed by atoms with Gasteiger partial charge in [0.15, 0.2) is 0 Å². The molecule has 11 atom stereocenters. The third-order valence-corrected chi connectivity index (χ3v) is 12.9. The van der Waals surface area contributed by atoms with Gasteiger partial charge in [0.1, 0.15) is 0 Å². The van der Waals surface area contributed by atoms with E-state index in [2.05, 4.69) is 26.1 Å². The van der Waals surface area contributed by atoms with Crippen molar-refractivity contribution in [2.45, 2.75) is 104 Å². The molecule has 5 unspecified atom stereocenters. The Bertz CT molecular complexity index is 956. The van der Waals surface area contributed by atoms with Crippen LogP contribution in [0.5, 0.6) is 0 Å². The van der Waals surface area contributed by atoms with E-state index in [0.29, 0.717) is 42.1 Å². The minimum Gasteiger partial charge on any atom is -0.481 e. The van der Waals surface area contributed by atoms with Gasteiger partial charge in [-0.25, -0.2) is 0 Å². The van der Waals surface area contributed by atoms with Gasteiger partial charge >= 0.3 is 13.6 Å². The molecule has 4 rings (SSSR count). The number of nitrogens with one attached hydrogen (secondary N) is 1. The molecule has 0 radical (unpaired) electrons. The lowest BCUT2D eigenvalue weighted by Crippen LogP contribution is -2.58. The van der Waals surface area contributed by atoms with Crippen LogP contribution in [0.25, 0.3) is 0 Å². The summed E-state index contributed by atoms with van der Waals surface area (Å²) >= 11 is 0. The predicted octanol–water partition coefficient (Wildman–Crippen LogP) is 3.78. The van der Waals surface area contributed by atoms with Gasteiger partial charge in [0, 0.05) is 13.0 Å². The van der Waals surface area contributed by atoms with Gasteiger partial charge in [0.2, 0.25) is 5.91 Å². The van der Waals surface area contributed by atoms with E-state index < -0.39 is 25.6 Å². The summed E-state index contributed by atoms with van der Waals surface area (Å²) in [6.45, 7) is 7.40. The Morgan fingerprint density at radius 2 is 1.72 bits per heavy atom. The third kappa shape index (κ3) is 6.28. The summed E-state index contributed by atoms with van der Waals surface area (Å²) in [6, 6.07) is 0. The monoisotopic (exact) mass is 571 g/mol. The van der Waals surface area contributed by atoms with E-state index in [-0.39, 0.29) is 41.8 Å². The molecule has 9 nitrogen and oxygen atoms in total. The fraction of sp³-hybridized carbons (Fsp3) is 0.931. The number of aliphatic hydroxyl groups is 2. The normalized spacial score (nSPS) is 41.6. The van der Waals surface area contributed by atoms with Crippen LogP contribution in [-0.4, -0.2) is 61.9 Å². The maximum atomic E-state index is 12.4. The van der Waals surface area contributed by atoms with Crippen molar-refractivity contribution in [1.29, 1.82) is 0 Å². The first-order valence-corrected chi connectivity index (χ1v) is 16.9. The van der Waals surface area contributed by atoms with Gasteiger partial charge in [-0.1, -0.05) is 20.8 Å². The van der Waals surface area contributed by atoms with Crippen LogP contribution in [0.3, 0.4) is 0 Å². The molecule has 10 heteroatoms. The molecule has 0 aromatic heterocycles. The Kier molecular flexibility index (Phi) is 9.30. The van der Waals surface area contributed by atoms with Crippen LogP contribution in [0, 0.1) is 52.3 Å². The number of carboxylic acid groups (broad SMARTS) is 1. The zero-order chi connectivity index (χ0) is 28.8. The van der Waals surface area contributed by atoms with E-state index in [1.807, 2.05) is 0 Å². The first-order valence-electron chi connectivity index (χ1n) is 15.1. The van der Waals surface area contributed by atoms with Gasteiger partial charge in [-0.05, 0) is 111 Å². The second kappa shape index (κ2) is 11.7. The molecule has 4 aliphatic carbocycles. The fourth-order valence-corrected chi connectivity index (χ4v) is 10.7. The number of aliphatic carboxylic acids is 1. The Morgan fingerprint density at radius 1 is 1.00 bits per heavy atom. The molecular weight excluding hydrogens is 521 g/mol. The van der Waals surface area contributed by atoms with Gasteiger partial charge < -0.3 is 30.4 Å². The molecule has 0 aromatic carbocycles. The minimum absolute atomic E-state index is 0.0901. The summed E-state index contributed by atoms with van der Waals surface area (Å²) < 4.78 is 11.2. The molecule has 4 fully saturated rings. The van der Waals surface area contributed by atoms with Gasteiger partial charge in [0.05, 0.1) is 24.3 Å². The van der Waals surface area contributed by atoms with Crippen LogP contribution in [0.1, 0.15) is 91.4 Å². The molecule has 224 valence electrons. The molecule has 0 bridgehead atoms. The lowest BCUT2D eigenvalue weighted by molar-refractivity contribution is -0.174. The van der Waals surface area contributed by atoms with Gasteiger partial charge in [0.25, 0.3) is 0 Å². The van der Waals surface area contributed by atoms with Crippen LogP contribution in [-0.2, 0) is 14.2 Å². The zero-order valence-corrected chi connectivity index (χ0v) is 24.7. The van der Waals surface area contributed by atoms with Crippen molar-refractivity contribution in [1.82, 2.24) is 5.32 Å². The van der Waals surface area contributed by atoms with Crippen molar-refractivity contribution in [3.8, 4) is 0 Å². The number of carbonyl (C=O) groups excluding carboxylic acids is 1. The molecule has 6 N–H and O–H groups in total. The molecule has 4 aliphatic rings. The summed E-state index contributed by atoms with van der Waals surface area (Å²) in [5.41, 5.74) is 0.0720. The number of hydrogen-bond donors (Lipinski definition) is 6. The maximum Gasteiger partial charge on any atom is 0.326 e. The van der Waals surface area contributed by atoms with E-state index in [4.69, 9.17) is 9.79 Å². The molecule has 0 spiro atoms. The zero-order valence-electron chi connectivity index (χ0n) is 23.8. The predicted molar refractivity (Wildman–Crippen MR) is 147 cm³/mol. The van der Waals surface area contributed by atoms with Crippen LogP contribution in [0.2, 0.25) is 0 Å². The molecule has 0 heterocycles. The Hall–Kier alpha value is -0.990. The van der Waals surface area contributed by atoms with E-state index >= 15 is 0 Å². The number of rotatable bonds is 10. The average Bonchev–Trinajstić information content (AvgIpc) is 3.21. The second-order valence-corrected chi connectivity index (χ2v) is 15.6. The van der Waals surface area contributed by atoms with Crippen molar-refractivity contribution in [2.75, 3.05) is 12.7 Å². The summed E-state index contributed by atoms with van der Waals surface area (Å²) in [7, 11) is -4.47. The third-order valence-electron chi connectivity index (χ3n) is 12.0. The smallest absolute Gasteiger partial charge is 0.326 e. The molecule has 4 saturated carbocycles. The highest BCUT2D eigenvalue weighted by Gasteiger charge is 2.63. The van der Waals surface area contributed by atoms with Crippen molar-refractivity contribution < 1.29 is 39.3 Å². The molecule has 0 saturated heterocycles. The summed E-state index contributed by atoms with van der Waals surface area (Å²) in [5, 5.41) is 34.1. The molecule has 0 aromatic rings. The quantitative estimate of drug-likeness (QED) is 0.216. The fourth-order valence-electron chi connectivity index (χ4n) is 9.77. The highest BCUT2D eigenvalue weighted by Crippen LogP contribution is 2.68. The van der Waals surface area contributed by atoms with Crippen molar-refractivity contribution in [3.05, 3.63) is 0 Å². The number of carbonyl (C=O) groups is 2. The maximum absolute atomic E-state index is 12.4. The van der Waals surface area contributed by atoms with Crippen LogP contribution in [0.15, 0.2) is 0 Å². The molecule has 39 heavy (non-hydrogen) atoms. The Morgan fingerprint density at radius 3 is 2.38 bits per heavy atom. The number of hydrogen-bond acceptors (Lipinski definition) is 5. The first kappa shape index (κ1) is 31.0. The first-order chi connectivity index (χ1) is 18.2. The van der Waals surface area contributed by atoms with Crippen molar-refractivity contribution >= 4 is 19.5 Å². The van der Waals surface area contributed by atoms with E-state index in [9.17, 15) is 29.5 Å². The molecular formula is C29H50NO8P. The molecule has 1 amide bonds. The lowest BCUT2D eigenvalue weighted by atomic mass is 9.43. The summed E-state index contributed by atoms with van der Waals surface area (Å²) in [5.74, 6) is 0.0176. The van der Waals surface area contributed by atoms with Crippen molar-refractivity contribution in [3.63, 3.8) is 0 Å². The Balaban J connectivity index is 1.31. The summed E-state index contributed by atoms with van der Waals surface area (Å²) in [4.78, 5) is 41.8. The Labute approximate surface area is 232 Å². The number of aliphatic hydroxyl groups excluding tert-OH is 2. The highest BCUT2D eigenvalue weighted by atomic mass is 31.2. The number of amides is 1. The van der Waals surface area contributed by atoms with Gasteiger partial charge in [-0.2, -0.15) is 0 Å². The average molecular weight is 572 g/mol. The van der Waals surface area contributed by atoms with Gasteiger partial charge in [-0.3, -0.25) is 14.2 Å². The number of fused-ring (bicyclic) bond motifs is 5. The van der Waals surface area contributed by atoms with Crippen LogP contribution >= 0.6 is 7.60 Å². The van der Waals surface area contributed by atoms with E-state index in [1.54, 1.807) is 0 Å². The van der Waals surface area contributed by atoms with Gasteiger partial charge in [-0.15, -0.1) is 0 Å². The molecule has 0 aliphatic heterocycles. The second-order valence-electron chi connectivity index (χ2n) is 13.9. The standard InChI is InChI=1S/C29H50NO8P/c1-17(11-13-30-26(33)9-4-18(27(34)35)16-39(36,37)38)22-7-8-23-21-6-5-19-14-20(31)10-12-28(19,2)24(21)15-25(32)29(22,23)3/h17-25,31-32H,4-16H2,1-3H3,(H,30,33)(H,34,35)(H2,36,37,38)/t17-,18?,19-,20-,21?,22?,23?,24?,25+,28+,29-/m1/s1. The SMILES string of the molecule is C[C@H](CCNC(=O)CCC(CP(=O)(O)O)C(=O)O)C1CCC2C3CC[C@@H]4C[C@H](O)CC[C@]4(C)C3C[C@H](O)[C@@]21C. The van der Waals surface area contributed by atoms with Crippen LogP contribution < -0.4 is 5.32 Å². The van der Waals surface area contributed by atoms with Crippen LogP contribution in [0.4, 0.5) is 0 Å². The lowest BCUT2D eigenvalue weighted by Gasteiger charge is -2.62. The number of carboxylic acids is 1. The summed E-state index contributed by atoms with van der Waals surface area (Å²) in [6.07, 6.45) is 7.56. The van der Waals surface area contributed by atoms with E-state index in [0.717, 1.165) is 44.9 Å². The minimum atomic E-state index is -4.47. The largest absolute Gasteiger partial charge is 0.481 e.